The van der Waals surface area contributed by atoms with E-state index < -0.39 is 22.1 Å². The van der Waals surface area contributed by atoms with Gasteiger partial charge in [-0.3, -0.25) is 9.52 Å². The molecule has 0 spiro atoms. The second kappa shape index (κ2) is 11.2. The van der Waals surface area contributed by atoms with Gasteiger partial charge in [-0.05, 0) is 50.1 Å². The molecule has 1 aliphatic rings. The van der Waals surface area contributed by atoms with Crippen LogP contribution < -0.4 is 9.46 Å². The fourth-order valence-corrected chi connectivity index (χ4v) is 6.31. The number of nitrogens with one attached hydrogen (secondary N) is 1. The molecule has 0 bridgehead atoms. The largest absolute Gasteiger partial charge is 0.495 e. The van der Waals surface area contributed by atoms with Crippen LogP contribution in [0.3, 0.4) is 0 Å². The summed E-state index contributed by atoms with van der Waals surface area (Å²) >= 11 is 0. The Morgan fingerprint density at radius 2 is 1.73 bits per heavy atom. The van der Waals surface area contributed by atoms with Gasteiger partial charge in [0.2, 0.25) is 0 Å². The third-order valence-corrected chi connectivity index (χ3v) is 8.79. The van der Waals surface area contributed by atoms with E-state index in [1.807, 2.05) is 24.3 Å². The van der Waals surface area contributed by atoms with E-state index in [1.54, 1.807) is 24.1 Å². The van der Waals surface area contributed by atoms with Gasteiger partial charge in [0.25, 0.3) is 15.9 Å². The van der Waals surface area contributed by atoms with Crippen molar-refractivity contribution < 1.29 is 31.9 Å². The molecule has 40 heavy (non-hydrogen) atoms. The summed E-state index contributed by atoms with van der Waals surface area (Å²) in [6.07, 6.45) is 4.18. The van der Waals surface area contributed by atoms with Crippen molar-refractivity contribution in [1.82, 2.24) is 4.90 Å². The van der Waals surface area contributed by atoms with Crippen molar-refractivity contribution in [3.63, 3.8) is 0 Å². The zero-order valence-corrected chi connectivity index (χ0v) is 23.5. The molecule has 1 fully saturated rings. The smallest absolute Gasteiger partial charge is 0.338 e. The predicted molar refractivity (Wildman–Crippen MR) is 152 cm³/mol. The van der Waals surface area contributed by atoms with Gasteiger partial charge in [0, 0.05) is 29.9 Å². The lowest BCUT2D eigenvalue weighted by Gasteiger charge is -2.32. The molecular formula is C30H32N2O7S. The molecule has 10 heteroatoms. The van der Waals surface area contributed by atoms with Crippen LogP contribution in [0.5, 0.6) is 5.75 Å². The maximum Gasteiger partial charge on any atom is 0.338 e. The van der Waals surface area contributed by atoms with Crippen LogP contribution in [0, 0.1) is 0 Å². The highest BCUT2D eigenvalue weighted by Gasteiger charge is 2.28. The van der Waals surface area contributed by atoms with Gasteiger partial charge in [-0.1, -0.05) is 43.5 Å². The molecule has 1 saturated carbocycles. The SMILES string of the molecule is COc1cc2c(cc1NS(=O)(=O)c1cccc(C(=O)O[C@H](C)C(=O)N(C)C3CCCCC3)c1)oc1ccccc12. The predicted octanol–water partition coefficient (Wildman–Crippen LogP) is 5.73. The van der Waals surface area contributed by atoms with E-state index in [0.717, 1.165) is 36.5 Å². The number of carbonyl (C=O) groups excluding carboxylic acids is 2. The first-order valence-corrected chi connectivity index (χ1v) is 14.8. The number of likely N-dealkylation sites (N-methyl/N-ethyl adjacent to an activating group) is 1. The Bertz CT molecular complexity index is 1670. The highest BCUT2D eigenvalue weighted by Crippen LogP contribution is 2.37. The first-order chi connectivity index (χ1) is 19.2. The first kappa shape index (κ1) is 27.5. The molecule has 1 aliphatic carbocycles. The molecule has 1 aromatic heterocycles. The van der Waals surface area contributed by atoms with Gasteiger partial charge in [-0.2, -0.15) is 0 Å². The summed E-state index contributed by atoms with van der Waals surface area (Å²) in [6, 6.07) is 16.4. The van der Waals surface area contributed by atoms with E-state index in [9.17, 15) is 18.0 Å². The summed E-state index contributed by atoms with van der Waals surface area (Å²) in [5, 5.41) is 1.67. The topological polar surface area (TPSA) is 115 Å². The minimum absolute atomic E-state index is 0.0162. The molecule has 0 aliphatic heterocycles. The average Bonchev–Trinajstić information content (AvgIpc) is 3.33. The molecule has 5 rings (SSSR count). The zero-order valence-electron chi connectivity index (χ0n) is 22.7. The Hall–Kier alpha value is -4.05. The zero-order chi connectivity index (χ0) is 28.4. The number of anilines is 1. The number of esters is 1. The molecule has 1 heterocycles. The van der Waals surface area contributed by atoms with E-state index in [-0.39, 0.29) is 28.1 Å². The molecule has 4 aromatic rings. The molecule has 1 atom stereocenters. The number of furan rings is 1. The number of hydrogen-bond acceptors (Lipinski definition) is 7. The standard InChI is InChI=1S/C30H32N2O7S/c1-19(29(33)32(2)21-11-5-4-6-12-21)38-30(34)20-10-9-13-22(16-20)40(35,36)31-25-18-27-24(17-28(25)37-3)23-14-7-8-15-26(23)39-27/h7-10,13-19,21,31H,4-6,11-12H2,1-3H3/t19-/m1/s1. The van der Waals surface area contributed by atoms with Gasteiger partial charge in [0.05, 0.1) is 23.3 Å². The number of carbonyl (C=O) groups is 2. The Kier molecular flexibility index (Phi) is 7.71. The Balaban J connectivity index is 1.34. The molecular weight excluding hydrogens is 532 g/mol. The monoisotopic (exact) mass is 564 g/mol. The van der Waals surface area contributed by atoms with Crippen LogP contribution in [0.25, 0.3) is 21.9 Å². The van der Waals surface area contributed by atoms with Crippen LogP contribution in [0.1, 0.15) is 49.4 Å². The van der Waals surface area contributed by atoms with Crippen LogP contribution in [0.15, 0.2) is 70.0 Å². The third-order valence-electron chi connectivity index (χ3n) is 7.42. The normalized spacial score (nSPS) is 15.1. The van der Waals surface area contributed by atoms with E-state index >= 15 is 0 Å². The van der Waals surface area contributed by atoms with E-state index in [1.165, 1.54) is 44.7 Å². The van der Waals surface area contributed by atoms with Crippen LogP contribution in [0.4, 0.5) is 5.69 Å². The van der Waals surface area contributed by atoms with Crippen LogP contribution >= 0.6 is 0 Å². The molecule has 0 saturated heterocycles. The van der Waals surface area contributed by atoms with E-state index in [0.29, 0.717) is 16.9 Å². The second-order valence-electron chi connectivity index (χ2n) is 10.1. The molecule has 0 unspecified atom stereocenters. The number of ether oxygens (including phenoxy) is 2. The van der Waals surface area contributed by atoms with Gasteiger partial charge in [0.1, 0.15) is 16.9 Å². The van der Waals surface area contributed by atoms with Gasteiger partial charge in [-0.15, -0.1) is 0 Å². The lowest BCUT2D eigenvalue weighted by molar-refractivity contribution is -0.141. The van der Waals surface area contributed by atoms with Crippen molar-refractivity contribution >= 4 is 49.5 Å². The Morgan fingerprint density at radius 3 is 2.48 bits per heavy atom. The number of hydrogen-bond donors (Lipinski definition) is 1. The van der Waals surface area contributed by atoms with E-state index in [4.69, 9.17) is 13.9 Å². The molecule has 0 radical (unpaired) electrons. The summed E-state index contributed by atoms with van der Waals surface area (Å²) in [5.74, 6) is -0.748. The molecule has 1 N–H and O–H groups in total. The molecule has 1 amide bonds. The number of fused-ring (bicyclic) bond motifs is 3. The van der Waals surface area contributed by atoms with E-state index in [2.05, 4.69) is 4.72 Å². The number of amides is 1. The Labute approximate surface area is 233 Å². The molecule has 3 aromatic carbocycles. The van der Waals surface area contributed by atoms with Crippen LogP contribution in [-0.4, -0.2) is 51.5 Å². The average molecular weight is 565 g/mol. The van der Waals surface area contributed by atoms with Crippen LogP contribution in [-0.2, 0) is 19.6 Å². The first-order valence-electron chi connectivity index (χ1n) is 13.3. The minimum atomic E-state index is -4.13. The second-order valence-corrected chi connectivity index (χ2v) is 11.8. The minimum Gasteiger partial charge on any atom is -0.495 e. The molecule has 9 nitrogen and oxygen atoms in total. The highest BCUT2D eigenvalue weighted by molar-refractivity contribution is 7.92. The van der Waals surface area contributed by atoms with Crippen molar-refractivity contribution in [3.05, 3.63) is 66.2 Å². The van der Waals surface area contributed by atoms with Crippen molar-refractivity contribution in [1.29, 1.82) is 0 Å². The Morgan fingerprint density at radius 1 is 0.975 bits per heavy atom. The fraction of sp³-hybridized carbons (Fsp3) is 0.333. The summed E-state index contributed by atoms with van der Waals surface area (Å²) in [7, 11) is -0.943. The van der Waals surface area contributed by atoms with Crippen molar-refractivity contribution in [2.45, 2.75) is 56.1 Å². The van der Waals surface area contributed by atoms with Gasteiger partial charge < -0.3 is 18.8 Å². The maximum atomic E-state index is 13.3. The number of methoxy groups -OCH3 is 1. The summed E-state index contributed by atoms with van der Waals surface area (Å²) < 4.78 is 46.0. The van der Waals surface area contributed by atoms with Crippen molar-refractivity contribution in [2.75, 3.05) is 18.9 Å². The van der Waals surface area contributed by atoms with Gasteiger partial charge in [-0.25, -0.2) is 13.2 Å². The lowest BCUT2D eigenvalue weighted by Crippen LogP contribution is -2.44. The summed E-state index contributed by atoms with van der Waals surface area (Å²) in [5.41, 5.74) is 1.37. The third kappa shape index (κ3) is 5.49. The van der Waals surface area contributed by atoms with Crippen LogP contribution in [0.2, 0.25) is 0 Å². The van der Waals surface area contributed by atoms with Crippen molar-refractivity contribution in [2.24, 2.45) is 0 Å². The number of nitrogens with zero attached hydrogens (tertiary/aromatic N) is 1. The number of rotatable bonds is 8. The van der Waals surface area contributed by atoms with Crippen molar-refractivity contribution in [3.8, 4) is 5.75 Å². The summed E-state index contributed by atoms with van der Waals surface area (Å²) in [4.78, 5) is 27.3. The van der Waals surface area contributed by atoms with Gasteiger partial charge in [0.15, 0.2) is 6.10 Å². The molecule has 210 valence electrons. The highest BCUT2D eigenvalue weighted by atomic mass is 32.2. The maximum absolute atomic E-state index is 13.3. The number of benzene rings is 3. The summed E-state index contributed by atoms with van der Waals surface area (Å²) in [6.45, 7) is 1.53. The van der Waals surface area contributed by atoms with Gasteiger partial charge >= 0.3 is 5.97 Å². The number of para-hydroxylation sites is 1. The number of sulfonamides is 1. The quantitative estimate of drug-likeness (QED) is 0.272. The lowest BCUT2D eigenvalue weighted by atomic mass is 9.94. The fourth-order valence-electron chi connectivity index (χ4n) is 5.21.